The molecule has 29 heavy (non-hydrogen) atoms. The lowest BCUT2D eigenvalue weighted by molar-refractivity contribution is 0.324. The van der Waals surface area contributed by atoms with Crippen molar-refractivity contribution in [1.29, 1.82) is 0 Å². The molecule has 4 heteroatoms. The molecular weight excluding hydrogens is 360 g/mol. The van der Waals surface area contributed by atoms with Crippen LogP contribution >= 0.6 is 0 Å². The van der Waals surface area contributed by atoms with Crippen molar-refractivity contribution < 1.29 is 9.15 Å². The van der Waals surface area contributed by atoms with Gasteiger partial charge >= 0.3 is 0 Å². The predicted octanol–water partition coefficient (Wildman–Crippen LogP) is 6.02. The number of benzene rings is 3. The van der Waals surface area contributed by atoms with E-state index in [-0.39, 0.29) is 0 Å². The zero-order valence-electron chi connectivity index (χ0n) is 17.2. The fourth-order valence-electron chi connectivity index (χ4n) is 3.42. The van der Waals surface area contributed by atoms with Crippen molar-refractivity contribution in [3.05, 3.63) is 77.9 Å². The second kappa shape index (κ2) is 8.39. The van der Waals surface area contributed by atoms with Crippen LogP contribution in [-0.4, -0.2) is 24.7 Å². The lowest BCUT2D eigenvalue weighted by Crippen LogP contribution is -2.28. The van der Waals surface area contributed by atoms with Crippen LogP contribution in [0.15, 0.2) is 71.1 Å². The number of anilines is 1. The third-order valence-electron chi connectivity index (χ3n) is 5.02. The van der Waals surface area contributed by atoms with E-state index in [1.165, 1.54) is 16.8 Å². The third kappa shape index (κ3) is 4.43. The highest BCUT2D eigenvalue weighted by Gasteiger charge is 2.09. The molecule has 0 saturated carbocycles. The summed E-state index contributed by atoms with van der Waals surface area (Å²) in [5.41, 5.74) is 6.32. The minimum atomic E-state index is 0.628. The van der Waals surface area contributed by atoms with Crippen LogP contribution < -0.4 is 9.64 Å². The molecule has 1 heterocycles. The van der Waals surface area contributed by atoms with Gasteiger partial charge in [0.25, 0.3) is 0 Å². The van der Waals surface area contributed by atoms with Gasteiger partial charge in [-0.15, -0.1) is 0 Å². The SMILES string of the molecule is CCN(CCOc1ccc(-c2nc3cc(C)ccc3o2)cc1)c1cccc(C)c1. The Morgan fingerprint density at radius 3 is 2.48 bits per heavy atom. The molecular formula is C25H26N2O2. The van der Waals surface area contributed by atoms with Crippen LogP contribution in [-0.2, 0) is 0 Å². The fourth-order valence-corrected chi connectivity index (χ4v) is 3.42. The standard InChI is InChI=1S/C25H26N2O2/c1-4-27(21-7-5-6-18(2)16-21)14-15-28-22-11-9-20(10-12-22)25-26-23-17-19(3)8-13-24(23)29-25/h5-13,16-17H,4,14-15H2,1-3H3. The molecule has 148 valence electrons. The molecule has 0 atom stereocenters. The van der Waals surface area contributed by atoms with E-state index in [1.54, 1.807) is 0 Å². The lowest BCUT2D eigenvalue weighted by Gasteiger charge is -2.23. The Labute approximate surface area is 171 Å². The van der Waals surface area contributed by atoms with E-state index in [0.29, 0.717) is 12.5 Å². The molecule has 0 amide bonds. The van der Waals surface area contributed by atoms with Crippen molar-refractivity contribution in [2.45, 2.75) is 20.8 Å². The summed E-state index contributed by atoms with van der Waals surface area (Å²) in [5, 5.41) is 0. The van der Waals surface area contributed by atoms with Crippen molar-refractivity contribution in [2.24, 2.45) is 0 Å². The Morgan fingerprint density at radius 2 is 1.72 bits per heavy atom. The highest BCUT2D eigenvalue weighted by atomic mass is 16.5. The maximum absolute atomic E-state index is 5.96. The maximum atomic E-state index is 5.96. The summed E-state index contributed by atoms with van der Waals surface area (Å²) in [6.45, 7) is 8.75. The molecule has 4 nitrogen and oxygen atoms in total. The molecule has 0 saturated heterocycles. The van der Waals surface area contributed by atoms with Crippen molar-refractivity contribution in [3.8, 4) is 17.2 Å². The average molecular weight is 386 g/mol. The quantitative estimate of drug-likeness (QED) is 0.389. The number of likely N-dealkylation sites (N-methyl/N-ethyl adjacent to an activating group) is 1. The Balaban J connectivity index is 1.39. The van der Waals surface area contributed by atoms with Gasteiger partial charge in [-0.05, 0) is 80.4 Å². The van der Waals surface area contributed by atoms with Gasteiger partial charge in [0.2, 0.25) is 5.89 Å². The third-order valence-corrected chi connectivity index (χ3v) is 5.02. The van der Waals surface area contributed by atoms with E-state index in [1.807, 2.05) is 42.5 Å². The summed E-state index contributed by atoms with van der Waals surface area (Å²) in [7, 11) is 0. The summed E-state index contributed by atoms with van der Waals surface area (Å²) < 4.78 is 11.8. The molecule has 0 aliphatic carbocycles. The molecule has 0 bridgehead atoms. The van der Waals surface area contributed by atoms with E-state index in [9.17, 15) is 0 Å². The molecule has 4 rings (SSSR count). The van der Waals surface area contributed by atoms with Crippen LogP contribution in [0.25, 0.3) is 22.6 Å². The number of nitrogens with zero attached hydrogens (tertiary/aromatic N) is 2. The number of oxazole rings is 1. The average Bonchev–Trinajstić information content (AvgIpc) is 3.15. The molecule has 0 aliphatic heterocycles. The minimum absolute atomic E-state index is 0.628. The van der Waals surface area contributed by atoms with Gasteiger partial charge in [-0.3, -0.25) is 0 Å². The Hall–Kier alpha value is -3.27. The van der Waals surface area contributed by atoms with E-state index in [0.717, 1.165) is 35.5 Å². The second-order valence-corrected chi connectivity index (χ2v) is 7.28. The van der Waals surface area contributed by atoms with Crippen LogP contribution in [0.1, 0.15) is 18.1 Å². The number of aryl methyl sites for hydroxylation is 2. The maximum Gasteiger partial charge on any atom is 0.227 e. The first-order valence-electron chi connectivity index (χ1n) is 10.0. The Bertz CT molecular complexity index is 1100. The number of fused-ring (bicyclic) bond motifs is 1. The molecule has 4 aromatic rings. The number of ether oxygens (including phenoxy) is 1. The van der Waals surface area contributed by atoms with Gasteiger partial charge in [0.15, 0.2) is 5.58 Å². The van der Waals surface area contributed by atoms with Crippen molar-refractivity contribution in [3.63, 3.8) is 0 Å². The van der Waals surface area contributed by atoms with Gasteiger partial charge in [0, 0.05) is 17.8 Å². The van der Waals surface area contributed by atoms with Gasteiger partial charge in [-0.25, -0.2) is 4.98 Å². The number of aromatic nitrogens is 1. The molecule has 0 fully saturated rings. The highest BCUT2D eigenvalue weighted by molar-refractivity contribution is 5.76. The minimum Gasteiger partial charge on any atom is -0.492 e. The number of hydrogen-bond acceptors (Lipinski definition) is 4. The fraction of sp³-hybridized carbons (Fsp3) is 0.240. The molecule has 0 radical (unpaired) electrons. The summed E-state index contributed by atoms with van der Waals surface area (Å²) in [4.78, 5) is 6.92. The monoisotopic (exact) mass is 386 g/mol. The van der Waals surface area contributed by atoms with Crippen LogP contribution in [0, 0.1) is 13.8 Å². The smallest absolute Gasteiger partial charge is 0.227 e. The van der Waals surface area contributed by atoms with Gasteiger partial charge in [-0.2, -0.15) is 0 Å². The van der Waals surface area contributed by atoms with E-state index >= 15 is 0 Å². The van der Waals surface area contributed by atoms with E-state index in [4.69, 9.17) is 9.15 Å². The summed E-state index contributed by atoms with van der Waals surface area (Å²) in [5.74, 6) is 1.48. The summed E-state index contributed by atoms with van der Waals surface area (Å²) in [6.07, 6.45) is 0. The molecule has 0 unspecified atom stereocenters. The topological polar surface area (TPSA) is 38.5 Å². The number of rotatable bonds is 7. The van der Waals surface area contributed by atoms with Crippen molar-refractivity contribution >= 4 is 16.8 Å². The van der Waals surface area contributed by atoms with Crippen LogP contribution in [0.3, 0.4) is 0 Å². The van der Waals surface area contributed by atoms with Gasteiger partial charge < -0.3 is 14.1 Å². The second-order valence-electron chi connectivity index (χ2n) is 7.28. The summed E-state index contributed by atoms with van der Waals surface area (Å²) >= 11 is 0. The largest absolute Gasteiger partial charge is 0.492 e. The normalized spacial score (nSPS) is 11.0. The van der Waals surface area contributed by atoms with Crippen molar-refractivity contribution in [2.75, 3.05) is 24.6 Å². The molecule has 3 aromatic carbocycles. The summed E-state index contributed by atoms with van der Waals surface area (Å²) in [6, 6.07) is 22.5. The molecule has 0 aliphatic rings. The van der Waals surface area contributed by atoms with Crippen LogP contribution in [0.5, 0.6) is 5.75 Å². The first-order chi connectivity index (χ1) is 14.1. The van der Waals surface area contributed by atoms with E-state index in [2.05, 4.69) is 54.9 Å². The van der Waals surface area contributed by atoms with Crippen LogP contribution in [0.4, 0.5) is 5.69 Å². The Morgan fingerprint density at radius 1 is 0.931 bits per heavy atom. The number of hydrogen-bond donors (Lipinski definition) is 0. The first kappa shape index (κ1) is 19.1. The predicted molar refractivity (Wildman–Crippen MR) is 119 cm³/mol. The van der Waals surface area contributed by atoms with Crippen molar-refractivity contribution in [1.82, 2.24) is 4.98 Å². The molecule has 0 N–H and O–H groups in total. The zero-order valence-corrected chi connectivity index (χ0v) is 17.2. The first-order valence-corrected chi connectivity index (χ1v) is 10.0. The van der Waals surface area contributed by atoms with Gasteiger partial charge in [-0.1, -0.05) is 18.2 Å². The zero-order chi connectivity index (χ0) is 20.2. The lowest BCUT2D eigenvalue weighted by atomic mass is 10.2. The highest BCUT2D eigenvalue weighted by Crippen LogP contribution is 2.26. The molecule has 0 spiro atoms. The van der Waals surface area contributed by atoms with Gasteiger partial charge in [0.1, 0.15) is 17.9 Å². The van der Waals surface area contributed by atoms with Gasteiger partial charge in [0.05, 0.1) is 6.54 Å². The van der Waals surface area contributed by atoms with Crippen LogP contribution in [0.2, 0.25) is 0 Å². The Kier molecular flexibility index (Phi) is 5.52. The molecule has 1 aromatic heterocycles. The van der Waals surface area contributed by atoms with E-state index < -0.39 is 0 Å².